The van der Waals surface area contributed by atoms with Gasteiger partial charge < -0.3 is 10.1 Å². The number of hydrogen-bond acceptors (Lipinski definition) is 4. The molecule has 128 valence electrons. The van der Waals surface area contributed by atoms with Gasteiger partial charge >= 0.3 is 0 Å². The molecule has 0 saturated carbocycles. The topological polar surface area (TPSA) is 69.0 Å². The zero-order chi connectivity index (χ0) is 17.8. The number of rotatable bonds is 5. The number of benzene rings is 2. The number of ether oxygens (including phenoxy) is 1. The number of nitrogens with one attached hydrogen (secondary N) is 1. The molecule has 2 aromatic carbocycles. The van der Waals surface area contributed by atoms with Crippen LogP contribution in [-0.4, -0.2) is 27.8 Å². The lowest BCUT2D eigenvalue weighted by atomic mass is 10.1. The first-order chi connectivity index (χ1) is 12.1. The fourth-order valence-corrected chi connectivity index (χ4v) is 2.85. The molecule has 0 saturated heterocycles. The Balaban J connectivity index is 1.73. The summed E-state index contributed by atoms with van der Waals surface area (Å²) < 4.78 is 7.59. The summed E-state index contributed by atoms with van der Waals surface area (Å²) in [5.41, 5.74) is 2.44. The molecule has 25 heavy (non-hydrogen) atoms. The van der Waals surface area contributed by atoms with Crippen molar-refractivity contribution in [2.75, 3.05) is 7.11 Å². The summed E-state index contributed by atoms with van der Waals surface area (Å²) in [6.45, 7) is 1.94. The number of carbonyl (C=O) groups is 1. The quantitative estimate of drug-likeness (QED) is 0.710. The molecule has 3 rings (SSSR count). The van der Waals surface area contributed by atoms with Crippen molar-refractivity contribution in [3.63, 3.8) is 0 Å². The monoisotopic (exact) mass is 400 g/mol. The predicted molar refractivity (Wildman–Crippen MR) is 97.9 cm³/mol. The average Bonchev–Trinajstić information content (AvgIpc) is 3.17. The predicted octanol–water partition coefficient (Wildman–Crippen LogP) is 3.53. The molecule has 1 heterocycles. The lowest BCUT2D eigenvalue weighted by Crippen LogP contribution is -2.27. The van der Waals surface area contributed by atoms with Crippen LogP contribution in [0.5, 0.6) is 5.75 Å². The standard InChI is InChI=1S/C18H17BrN4O2/c1-12(13-3-5-14(6-4-13)23-11-20-10-21-23)22-18(24)16-9-15(25-2)7-8-17(16)19/h3-12H,1-2H3,(H,22,24). The molecule has 0 bridgehead atoms. The van der Waals surface area contributed by atoms with Crippen LogP contribution >= 0.6 is 15.9 Å². The average molecular weight is 401 g/mol. The van der Waals surface area contributed by atoms with Gasteiger partial charge in [0.05, 0.1) is 24.4 Å². The lowest BCUT2D eigenvalue weighted by molar-refractivity contribution is 0.0938. The van der Waals surface area contributed by atoms with Crippen LogP contribution in [0, 0.1) is 0 Å². The molecule has 6 nitrogen and oxygen atoms in total. The number of hydrogen-bond donors (Lipinski definition) is 1. The highest BCUT2D eigenvalue weighted by Crippen LogP contribution is 2.23. The van der Waals surface area contributed by atoms with Gasteiger partial charge in [-0.1, -0.05) is 12.1 Å². The van der Waals surface area contributed by atoms with Gasteiger partial charge in [-0.2, -0.15) is 5.10 Å². The molecular weight excluding hydrogens is 384 g/mol. The molecule has 1 aromatic heterocycles. The summed E-state index contributed by atoms with van der Waals surface area (Å²) in [5, 5.41) is 7.09. The molecule has 1 N–H and O–H groups in total. The van der Waals surface area contributed by atoms with Crippen LogP contribution in [0.3, 0.4) is 0 Å². The SMILES string of the molecule is COc1ccc(Br)c(C(=O)NC(C)c2ccc(-n3cncn3)cc2)c1. The van der Waals surface area contributed by atoms with Gasteiger partial charge in [-0.3, -0.25) is 4.79 Å². The molecule has 0 radical (unpaired) electrons. The van der Waals surface area contributed by atoms with E-state index in [1.807, 2.05) is 31.2 Å². The summed E-state index contributed by atoms with van der Waals surface area (Å²) >= 11 is 3.41. The van der Waals surface area contributed by atoms with Crippen molar-refractivity contribution in [3.8, 4) is 11.4 Å². The molecule has 0 aliphatic heterocycles. The fourth-order valence-electron chi connectivity index (χ4n) is 2.42. The fraction of sp³-hybridized carbons (Fsp3) is 0.167. The third-order valence-electron chi connectivity index (χ3n) is 3.84. The van der Waals surface area contributed by atoms with Crippen molar-refractivity contribution in [3.05, 3.63) is 70.7 Å². The number of amides is 1. The van der Waals surface area contributed by atoms with Gasteiger partial charge in [0.1, 0.15) is 18.4 Å². The first kappa shape index (κ1) is 17.2. The maximum absolute atomic E-state index is 12.6. The Morgan fingerprint density at radius 1 is 1.24 bits per heavy atom. The van der Waals surface area contributed by atoms with Crippen molar-refractivity contribution >= 4 is 21.8 Å². The number of nitrogens with zero attached hydrogens (tertiary/aromatic N) is 3. The van der Waals surface area contributed by atoms with E-state index in [4.69, 9.17) is 4.74 Å². The normalized spacial score (nSPS) is 11.8. The summed E-state index contributed by atoms with van der Waals surface area (Å²) in [4.78, 5) is 16.5. The minimum atomic E-state index is -0.168. The van der Waals surface area contributed by atoms with E-state index in [9.17, 15) is 4.79 Å². The first-order valence-corrected chi connectivity index (χ1v) is 8.47. The van der Waals surface area contributed by atoms with E-state index in [0.717, 1.165) is 15.7 Å². The van der Waals surface area contributed by atoms with Crippen LogP contribution in [0.15, 0.2) is 59.6 Å². The van der Waals surface area contributed by atoms with Crippen LogP contribution in [-0.2, 0) is 0 Å². The molecule has 0 aliphatic rings. The highest BCUT2D eigenvalue weighted by Gasteiger charge is 2.15. The van der Waals surface area contributed by atoms with E-state index in [2.05, 4.69) is 31.3 Å². The number of methoxy groups -OCH3 is 1. The molecule has 3 aromatic rings. The first-order valence-electron chi connectivity index (χ1n) is 7.68. The van der Waals surface area contributed by atoms with Crippen molar-refractivity contribution < 1.29 is 9.53 Å². The van der Waals surface area contributed by atoms with Gasteiger partial charge in [-0.15, -0.1) is 0 Å². The maximum Gasteiger partial charge on any atom is 0.253 e. The van der Waals surface area contributed by atoms with Crippen LogP contribution in [0.2, 0.25) is 0 Å². The summed E-state index contributed by atoms with van der Waals surface area (Å²) in [5.74, 6) is 0.469. The van der Waals surface area contributed by atoms with E-state index >= 15 is 0 Å². The molecule has 7 heteroatoms. The van der Waals surface area contributed by atoms with E-state index in [-0.39, 0.29) is 11.9 Å². The van der Waals surface area contributed by atoms with Gasteiger partial charge in [0, 0.05) is 4.47 Å². The molecule has 0 aliphatic carbocycles. The minimum absolute atomic E-state index is 0.143. The number of halogens is 1. The van der Waals surface area contributed by atoms with Crippen molar-refractivity contribution in [1.82, 2.24) is 20.1 Å². The second-order valence-electron chi connectivity index (χ2n) is 5.47. The van der Waals surface area contributed by atoms with Gasteiger partial charge in [-0.25, -0.2) is 9.67 Å². The Morgan fingerprint density at radius 3 is 2.64 bits per heavy atom. The highest BCUT2D eigenvalue weighted by atomic mass is 79.9. The Kier molecular flexibility index (Phi) is 5.14. The van der Waals surface area contributed by atoms with E-state index in [0.29, 0.717) is 11.3 Å². The van der Waals surface area contributed by atoms with E-state index < -0.39 is 0 Å². The third kappa shape index (κ3) is 3.88. The highest BCUT2D eigenvalue weighted by molar-refractivity contribution is 9.10. The van der Waals surface area contributed by atoms with E-state index in [1.165, 1.54) is 6.33 Å². The Hall–Kier alpha value is -2.67. The zero-order valence-electron chi connectivity index (χ0n) is 13.8. The molecule has 0 fully saturated rings. The van der Waals surface area contributed by atoms with Crippen LogP contribution in [0.25, 0.3) is 5.69 Å². The van der Waals surface area contributed by atoms with Crippen LogP contribution in [0.1, 0.15) is 28.9 Å². The molecular formula is C18H17BrN4O2. The number of carbonyl (C=O) groups excluding carboxylic acids is 1. The minimum Gasteiger partial charge on any atom is -0.497 e. The summed E-state index contributed by atoms with van der Waals surface area (Å²) in [6.07, 6.45) is 3.13. The van der Waals surface area contributed by atoms with Gasteiger partial charge in [-0.05, 0) is 58.7 Å². The second kappa shape index (κ2) is 7.48. The molecule has 1 amide bonds. The Labute approximate surface area is 154 Å². The van der Waals surface area contributed by atoms with Crippen LogP contribution < -0.4 is 10.1 Å². The third-order valence-corrected chi connectivity index (χ3v) is 4.53. The molecule has 1 unspecified atom stereocenters. The van der Waals surface area contributed by atoms with Crippen molar-refractivity contribution in [2.24, 2.45) is 0 Å². The van der Waals surface area contributed by atoms with Crippen LogP contribution in [0.4, 0.5) is 0 Å². The maximum atomic E-state index is 12.6. The van der Waals surface area contributed by atoms with Crippen molar-refractivity contribution in [1.29, 1.82) is 0 Å². The lowest BCUT2D eigenvalue weighted by Gasteiger charge is -2.16. The van der Waals surface area contributed by atoms with Crippen molar-refractivity contribution in [2.45, 2.75) is 13.0 Å². The Bertz CT molecular complexity index is 863. The molecule has 1 atom stereocenters. The van der Waals surface area contributed by atoms with Gasteiger partial charge in [0.25, 0.3) is 5.91 Å². The summed E-state index contributed by atoms with van der Waals surface area (Å²) in [7, 11) is 1.57. The second-order valence-corrected chi connectivity index (χ2v) is 6.33. The smallest absolute Gasteiger partial charge is 0.253 e. The molecule has 0 spiro atoms. The number of aromatic nitrogens is 3. The zero-order valence-corrected chi connectivity index (χ0v) is 15.4. The van der Waals surface area contributed by atoms with Gasteiger partial charge in [0.2, 0.25) is 0 Å². The largest absolute Gasteiger partial charge is 0.497 e. The van der Waals surface area contributed by atoms with Gasteiger partial charge in [0.15, 0.2) is 0 Å². The Morgan fingerprint density at radius 2 is 2.00 bits per heavy atom. The van der Waals surface area contributed by atoms with E-state index in [1.54, 1.807) is 36.3 Å². The summed E-state index contributed by atoms with van der Waals surface area (Å²) in [6, 6.07) is 13.0.